The lowest BCUT2D eigenvalue weighted by atomic mass is 10.1. The Labute approximate surface area is 167 Å². The summed E-state index contributed by atoms with van der Waals surface area (Å²) in [6, 6.07) is 12.2. The van der Waals surface area contributed by atoms with Gasteiger partial charge in [0.25, 0.3) is 0 Å². The third-order valence-electron chi connectivity index (χ3n) is 4.69. The molecule has 2 aromatic carbocycles. The lowest BCUT2D eigenvalue weighted by Gasteiger charge is -2.32. The van der Waals surface area contributed by atoms with Crippen LogP contribution in [0.1, 0.15) is 24.0 Å². The lowest BCUT2D eigenvalue weighted by molar-refractivity contribution is -0.139. The standard InChI is InChI=1S/C19H20ClF3N2O2S/c20-15-6-7-18(17(12-15)19(21,22)23)28(26,27)24-16-8-10-25(11-9-16)13-14-4-2-1-3-5-14/h1-7,12,16,24H,8-11,13H2. The number of hydrogen-bond donors (Lipinski definition) is 1. The fourth-order valence-electron chi connectivity index (χ4n) is 3.29. The monoisotopic (exact) mass is 432 g/mol. The minimum absolute atomic E-state index is 0.166. The second-order valence-electron chi connectivity index (χ2n) is 6.80. The van der Waals surface area contributed by atoms with Gasteiger partial charge in [0.15, 0.2) is 0 Å². The van der Waals surface area contributed by atoms with Gasteiger partial charge in [0.2, 0.25) is 10.0 Å². The lowest BCUT2D eigenvalue weighted by Crippen LogP contribution is -2.44. The van der Waals surface area contributed by atoms with Crippen molar-refractivity contribution in [3.8, 4) is 0 Å². The first-order valence-corrected chi connectivity index (χ1v) is 10.7. The van der Waals surface area contributed by atoms with Crippen LogP contribution < -0.4 is 4.72 Å². The summed E-state index contributed by atoms with van der Waals surface area (Å²) in [6.07, 6.45) is -3.75. The second-order valence-corrected chi connectivity index (χ2v) is 8.91. The van der Waals surface area contributed by atoms with Crippen LogP contribution >= 0.6 is 11.6 Å². The van der Waals surface area contributed by atoms with E-state index in [0.717, 1.165) is 24.2 Å². The van der Waals surface area contributed by atoms with Crippen LogP contribution in [0.5, 0.6) is 0 Å². The van der Waals surface area contributed by atoms with Crippen molar-refractivity contribution in [1.29, 1.82) is 0 Å². The van der Waals surface area contributed by atoms with Gasteiger partial charge in [-0.15, -0.1) is 0 Å². The Hall–Kier alpha value is -1.61. The Morgan fingerprint density at radius 2 is 1.71 bits per heavy atom. The first-order valence-electron chi connectivity index (χ1n) is 8.80. The molecule has 0 saturated carbocycles. The van der Waals surface area contributed by atoms with Gasteiger partial charge in [-0.1, -0.05) is 41.9 Å². The number of sulfonamides is 1. The Balaban J connectivity index is 1.66. The molecular weight excluding hydrogens is 413 g/mol. The van der Waals surface area contributed by atoms with E-state index in [1.807, 2.05) is 30.3 Å². The molecule has 1 fully saturated rings. The molecule has 1 saturated heterocycles. The van der Waals surface area contributed by atoms with E-state index in [0.29, 0.717) is 32.0 Å². The van der Waals surface area contributed by atoms with Gasteiger partial charge in [0.05, 0.1) is 10.5 Å². The Morgan fingerprint density at radius 3 is 2.32 bits per heavy atom. The van der Waals surface area contributed by atoms with Crippen LogP contribution in [0.4, 0.5) is 13.2 Å². The zero-order chi connectivity index (χ0) is 20.4. The second kappa shape index (κ2) is 8.41. The smallest absolute Gasteiger partial charge is 0.299 e. The van der Waals surface area contributed by atoms with Gasteiger partial charge in [-0.3, -0.25) is 4.90 Å². The first kappa shape index (κ1) is 21.1. The highest BCUT2D eigenvalue weighted by atomic mass is 35.5. The number of piperidine rings is 1. The molecule has 0 aromatic heterocycles. The largest absolute Gasteiger partial charge is 0.417 e. The minimum atomic E-state index is -4.81. The van der Waals surface area contributed by atoms with E-state index < -0.39 is 32.7 Å². The number of benzene rings is 2. The molecule has 28 heavy (non-hydrogen) atoms. The summed E-state index contributed by atoms with van der Waals surface area (Å²) >= 11 is 5.63. The third kappa shape index (κ3) is 5.26. The van der Waals surface area contributed by atoms with E-state index in [2.05, 4.69) is 9.62 Å². The fourth-order valence-corrected chi connectivity index (χ4v) is 4.98. The van der Waals surface area contributed by atoms with Crippen LogP contribution in [-0.4, -0.2) is 32.4 Å². The summed E-state index contributed by atoms with van der Waals surface area (Å²) in [5.41, 5.74) is -0.0912. The van der Waals surface area contributed by atoms with Crippen LogP contribution in [0, 0.1) is 0 Å². The van der Waals surface area contributed by atoms with Gasteiger partial charge >= 0.3 is 6.18 Å². The van der Waals surface area contributed by atoms with Crippen LogP contribution in [0.15, 0.2) is 53.4 Å². The molecule has 3 rings (SSSR count). The van der Waals surface area contributed by atoms with E-state index in [1.54, 1.807) is 0 Å². The van der Waals surface area contributed by atoms with Crippen LogP contribution in [-0.2, 0) is 22.7 Å². The van der Waals surface area contributed by atoms with Crippen molar-refractivity contribution >= 4 is 21.6 Å². The molecule has 0 atom stereocenters. The number of likely N-dealkylation sites (tertiary alicyclic amines) is 1. The van der Waals surface area contributed by atoms with Gasteiger partial charge in [-0.05, 0) is 36.6 Å². The highest BCUT2D eigenvalue weighted by Gasteiger charge is 2.38. The number of alkyl halides is 3. The summed E-state index contributed by atoms with van der Waals surface area (Å²) in [4.78, 5) is 1.40. The van der Waals surface area contributed by atoms with Crippen molar-refractivity contribution in [2.45, 2.75) is 36.5 Å². The Bertz CT molecular complexity index is 913. The van der Waals surface area contributed by atoms with E-state index in [-0.39, 0.29) is 5.02 Å². The third-order valence-corrected chi connectivity index (χ3v) is 6.51. The summed E-state index contributed by atoms with van der Waals surface area (Å²) in [5.74, 6) is 0. The molecule has 152 valence electrons. The average molecular weight is 433 g/mol. The Kier molecular flexibility index (Phi) is 6.34. The first-order chi connectivity index (χ1) is 13.1. The van der Waals surface area contributed by atoms with E-state index in [4.69, 9.17) is 11.6 Å². The van der Waals surface area contributed by atoms with Gasteiger partial charge < -0.3 is 0 Å². The summed E-state index contributed by atoms with van der Waals surface area (Å²) in [7, 11) is -4.31. The van der Waals surface area contributed by atoms with Crippen molar-refractivity contribution in [1.82, 2.24) is 9.62 Å². The molecule has 1 aliphatic heterocycles. The van der Waals surface area contributed by atoms with Crippen LogP contribution in [0.3, 0.4) is 0 Å². The molecule has 0 radical (unpaired) electrons. The molecule has 0 spiro atoms. The number of halogens is 4. The number of rotatable bonds is 5. The zero-order valence-electron chi connectivity index (χ0n) is 14.9. The summed E-state index contributed by atoms with van der Waals surface area (Å²) in [5, 5.41) is -0.166. The maximum Gasteiger partial charge on any atom is 0.417 e. The molecule has 1 N–H and O–H groups in total. The maximum absolute atomic E-state index is 13.2. The van der Waals surface area contributed by atoms with E-state index in [1.165, 1.54) is 0 Å². The molecule has 2 aromatic rings. The molecule has 1 heterocycles. The van der Waals surface area contributed by atoms with Crippen molar-refractivity contribution < 1.29 is 21.6 Å². The molecule has 0 unspecified atom stereocenters. The number of hydrogen-bond acceptors (Lipinski definition) is 3. The van der Waals surface area contributed by atoms with Crippen molar-refractivity contribution in [3.63, 3.8) is 0 Å². The zero-order valence-corrected chi connectivity index (χ0v) is 16.5. The molecule has 0 aliphatic carbocycles. The SMILES string of the molecule is O=S(=O)(NC1CCN(Cc2ccccc2)CC1)c1ccc(Cl)cc1C(F)(F)F. The molecular formula is C19H20ClF3N2O2S. The van der Waals surface area contributed by atoms with Gasteiger partial charge in [-0.2, -0.15) is 13.2 Å². The van der Waals surface area contributed by atoms with Crippen molar-refractivity contribution in [3.05, 3.63) is 64.7 Å². The number of nitrogens with zero attached hydrogens (tertiary/aromatic N) is 1. The van der Waals surface area contributed by atoms with Crippen molar-refractivity contribution in [2.75, 3.05) is 13.1 Å². The predicted molar refractivity (Wildman–Crippen MR) is 102 cm³/mol. The normalized spacial score (nSPS) is 17.0. The fraction of sp³-hybridized carbons (Fsp3) is 0.368. The van der Waals surface area contributed by atoms with Gasteiger partial charge in [-0.25, -0.2) is 13.1 Å². The van der Waals surface area contributed by atoms with Crippen LogP contribution in [0.25, 0.3) is 0 Å². The van der Waals surface area contributed by atoms with Gasteiger partial charge in [0.1, 0.15) is 0 Å². The molecule has 4 nitrogen and oxygen atoms in total. The topological polar surface area (TPSA) is 49.4 Å². The predicted octanol–water partition coefficient (Wildman–Crippen LogP) is 4.30. The molecule has 9 heteroatoms. The average Bonchev–Trinajstić information content (AvgIpc) is 2.63. The van der Waals surface area contributed by atoms with Gasteiger partial charge in [0, 0.05) is 30.7 Å². The highest BCUT2D eigenvalue weighted by Crippen LogP contribution is 2.36. The quantitative estimate of drug-likeness (QED) is 0.766. The maximum atomic E-state index is 13.2. The minimum Gasteiger partial charge on any atom is -0.299 e. The van der Waals surface area contributed by atoms with E-state index >= 15 is 0 Å². The summed E-state index contributed by atoms with van der Waals surface area (Å²) in [6.45, 7) is 2.08. The molecule has 0 amide bonds. The van der Waals surface area contributed by atoms with E-state index in [9.17, 15) is 21.6 Å². The molecule has 0 bridgehead atoms. The highest BCUT2D eigenvalue weighted by molar-refractivity contribution is 7.89. The summed E-state index contributed by atoms with van der Waals surface area (Å²) < 4.78 is 67.3. The number of nitrogens with one attached hydrogen (secondary N) is 1. The van der Waals surface area contributed by atoms with Crippen molar-refractivity contribution in [2.24, 2.45) is 0 Å². The molecule has 1 aliphatic rings. The van der Waals surface area contributed by atoms with Crippen LogP contribution in [0.2, 0.25) is 5.02 Å². The Morgan fingerprint density at radius 1 is 1.07 bits per heavy atom.